The third kappa shape index (κ3) is 6.49. The Hall–Kier alpha value is -0.803. The van der Waals surface area contributed by atoms with E-state index < -0.39 is 29.4 Å². The summed E-state index contributed by atoms with van der Waals surface area (Å²) in [6.45, 7) is 17.1. The van der Waals surface area contributed by atoms with Crippen LogP contribution in [0.1, 0.15) is 79.6 Å². The van der Waals surface area contributed by atoms with Gasteiger partial charge in [0.15, 0.2) is 8.32 Å². The maximum atomic E-state index is 12.9. The second-order valence-corrected chi connectivity index (χ2v) is 17.7. The quantitative estimate of drug-likeness (QED) is 0.133. The van der Waals surface area contributed by atoms with E-state index in [9.17, 15) is 21.6 Å². The van der Waals surface area contributed by atoms with Crippen molar-refractivity contribution in [2.24, 2.45) is 22.7 Å². The van der Waals surface area contributed by atoms with Crippen molar-refractivity contribution in [1.29, 1.82) is 0 Å². The predicted octanol–water partition coefficient (Wildman–Crippen LogP) is 7.95. The SMILES string of the molecule is CC/C=C1/C[C@@H](O[Si](C)(C)C)CC[C@]1(C)[C@H](C)CC[C@]1(C)C(OS(=O)(=O)C(F)(F)F)=CC[C@H]1C. The average Bonchev–Trinajstić information content (AvgIpc) is 2.95. The summed E-state index contributed by atoms with van der Waals surface area (Å²) in [4.78, 5) is 0. The summed E-state index contributed by atoms with van der Waals surface area (Å²) < 4.78 is 73.2. The van der Waals surface area contributed by atoms with Gasteiger partial charge < -0.3 is 8.61 Å². The number of alkyl halides is 3. The molecule has 0 aromatic heterocycles. The van der Waals surface area contributed by atoms with Gasteiger partial charge in [-0.2, -0.15) is 21.6 Å². The first-order chi connectivity index (χ1) is 15.4. The van der Waals surface area contributed by atoms with Crippen LogP contribution in [0.15, 0.2) is 23.5 Å². The van der Waals surface area contributed by atoms with Crippen LogP contribution in [-0.2, 0) is 18.7 Å². The van der Waals surface area contributed by atoms with Gasteiger partial charge in [-0.15, -0.1) is 0 Å². The summed E-state index contributed by atoms with van der Waals surface area (Å²) in [5, 5.41) is 0. The van der Waals surface area contributed by atoms with Crippen molar-refractivity contribution in [3.8, 4) is 0 Å². The molecule has 9 heteroatoms. The van der Waals surface area contributed by atoms with Crippen molar-refractivity contribution in [1.82, 2.24) is 0 Å². The number of hydrogen-bond acceptors (Lipinski definition) is 4. The van der Waals surface area contributed by atoms with Crippen LogP contribution in [0, 0.1) is 22.7 Å². The molecule has 198 valence electrons. The zero-order valence-electron chi connectivity index (χ0n) is 22.0. The molecule has 2 aliphatic carbocycles. The van der Waals surface area contributed by atoms with Crippen molar-refractivity contribution >= 4 is 18.4 Å². The fourth-order valence-corrected chi connectivity index (χ4v) is 7.24. The van der Waals surface area contributed by atoms with Gasteiger partial charge in [-0.3, -0.25) is 0 Å². The van der Waals surface area contributed by atoms with Crippen LogP contribution in [0.4, 0.5) is 13.2 Å². The highest BCUT2D eigenvalue weighted by molar-refractivity contribution is 7.87. The molecule has 0 heterocycles. The molecule has 0 aromatic carbocycles. The maximum absolute atomic E-state index is 12.9. The molecule has 0 saturated heterocycles. The first-order valence-corrected chi connectivity index (χ1v) is 17.3. The van der Waals surface area contributed by atoms with Crippen LogP contribution >= 0.6 is 0 Å². The Bertz CT molecular complexity index is 891. The summed E-state index contributed by atoms with van der Waals surface area (Å²) in [5.74, 6) is 0.215. The van der Waals surface area contributed by atoms with Crippen LogP contribution in [-0.4, -0.2) is 28.3 Å². The third-order valence-electron chi connectivity index (χ3n) is 8.11. The minimum Gasteiger partial charge on any atom is -0.414 e. The fourth-order valence-electron chi connectivity index (χ4n) is 5.45. The Labute approximate surface area is 205 Å². The maximum Gasteiger partial charge on any atom is 0.534 e. The van der Waals surface area contributed by atoms with Gasteiger partial charge >= 0.3 is 15.6 Å². The van der Waals surface area contributed by atoms with Gasteiger partial charge in [0.1, 0.15) is 5.76 Å². The molecule has 1 fully saturated rings. The molecule has 0 spiro atoms. The Kier molecular flexibility index (Phi) is 8.90. The van der Waals surface area contributed by atoms with Crippen LogP contribution in [0.25, 0.3) is 0 Å². The minimum absolute atomic E-state index is 0.00234. The van der Waals surface area contributed by atoms with Crippen LogP contribution in [0.2, 0.25) is 19.6 Å². The molecule has 2 rings (SSSR count). The standard InChI is InChI=1S/C25H43F3O4SSi/c1-9-10-20-17-21(32-34(6,7)8)14-16-23(20,4)19(3)13-15-24(5)18(2)11-12-22(24)31-33(29,30)25(26,27)28/h10,12,18-19,21H,9,11,13-17H2,1-8H3/b20-10-/t18-,19-,21+,23-,24+/m1/s1. The molecule has 0 aliphatic heterocycles. The van der Waals surface area contributed by atoms with E-state index in [0.29, 0.717) is 12.8 Å². The van der Waals surface area contributed by atoms with Crippen molar-refractivity contribution in [3.05, 3.63) is 23.5 Å². The fraction of sp³-hybridized carbons (Fsp3) is 0.840. The highest BCUT2D eigenvalue weighted by Crippen LogP contribution is 2.53. The van der Waals surface area contributed by atoms with Gasteiger partial charge in [-0.25, -0.2) is 0 Å². The highest BCUT2D eigenvalue weighted by atomic mass is 32.2. The molecule has 0 amide bonds. The van der Waals surface area contributed by atoms with Crippen molar-refractivity contribution in [3.63, 3.8) is 0 Å². The van der Waals surface area contributed by atoms with E-state index in [1.54, 1.807) is 0 Å². The first-order valence-electron chi connectivity index (χ1n) is 12.4. The van der Waals surface area contributed by atoms with Crippen LogP contribution in [0.5, 0.6) is 0 Å². The predicted molar refractivity (Wildman–Crippen MR) is 133 cm³/mol. The minimum atomic E-state index is -5.67. The van der Waals surface area contributed by atoms with Crippen molar-refractivity contribution in [2.45, 2.75) is 111 Å². The summed E-state index contributed by atoms with van der Waals surface area (Å²) in [6.07, 6.45) is 9.79. The normalized spacial score (nSPS) is 33.1. The lowest BCUT2D eigenvalue weighted by Crippen LogP contribution is -2.40. The monoisotopic (exact) mass is 524 g/mol. The topological polar surface area (TPSA) is 52.6 Å². The molecule has 1 saturated carbocycles. The molecule has 0 radical (unpaired) electrons. The highest BCUT2D eigenvalue weighted by Gasteiger charge is 2.52. The first kappa shape index (κ1) is 29.4. The zero-order chi connectivity index (χ0) is 26.2. The molecule has 0 aromatic rings. The van der Waals surface area contributed by atoms with E-state index >= 15 is 0 Å². The Balaban J connectivity index is 2.16. The lowest BCUT2D eigenvalue weighted by Gasteiger charge is -2.46. The third-order valence-corrected chi connectivity index (χ3v) is 10.1. The molecule has 2 aliphatic rings. The summed E-state index contributed by atoms with van der Waals surface area (Å²) in [7, 11) is -7.31. The zero-order valence-corrected chi connectivity index (χ0v) is 23.8. The van der Waals surface area contributed by atoms with Gasteiger partial charge in [0.25, 0.3) is 0 Å². The van der Waals surface area contributed by atoms with E-state index in [1.807, 2.05) is 13.8 Å². The van der Waals surface area contributed by atoms with Crippen LogP contribution < -0.4 is 0 Å². The second kappa shape index (κ2) is 10.3. The van der Waals surface area contributed by atoms with E-state index in [2.05, 4.69) is 50.7 Å². The lowest BCUT2D eigenvalue weighted by molar-refractivity contribution is -0.0535. The molecule has 0 bridgehead atoms. The summed E-state index contributed by atoms with van der Waals surface area (Å²) in [6, 6.07) is 0. The molecule has 34 heavy (non-hydrogen) atoms. The van der Waals surface area contributed by atoms with E-state index in [1.165, 1.54) is 11.6 Å². The Morgan fingerprint density at radius 2 is 1.88 bits per heavy atom. The second-order valence-electron chi connectivity index (χ2n) is 11.7. The smallest absolute Gasteiger partial charge is 0.414 e. The van der Waals surface area contributed by atoms with E-state index in [4.69, 9.17) is 4.43 Å². The number of halogens is 3. The lowest BCUT2D eigenvalue weighted by atomic mass is 9.61. The summed E-state index contributed by atoms with van der Waals surface area (Å²) in [5.41, 5.74) is -4.79. The van der Waals surface area contributed by atoms with Crippen LogP contribution in [0.3, 0.4) is 0 Å². The molecular formula is C25H43F3O4SSi. The van der Waals surface area contributed by atoms with Crippen molar-refractivity contribution in [2.75, 3.05) is 0 Å². The van der Waals surface area contributed by atoms with Gasteiger partial charge in [0, 0.05) is 11.5 Å². The Morgan fingerprint density at radius 3 is 2.41 bits per heavy atom. The van der Waals surface area contributed by atoms with Gasteiger partial charge in [-0.1, -0.05) is 46.3 Å². The number of rotatable bonds is 9. The largest absolute Gasteiger partial charge is 0.534 e. The molecule has 4 nitrogen and oxygen atoms in total. The van der Waals surface area contributed by atoms with Gasteiger partial charge in [-0.05, 0) is 87.9 Å². The van der Waals surface area contributed by atoms with Crippen molar-refractivity contribution < 1.29 is 30.2 Å². The Morgan fingerprint density at radius 1 is 1.26 bits per heavy atom. The average molecular weight is 525 g/mol. The molecule has 0 N–H and O–H groups in total. The summed E-state index contributed by atoms with van der Waals surface area (Å²) >= 11 is 0. The number of hydrogen-bond donors (Lipinski definition) is 0. The number of allylic oxidation sites excluding steroid dienone is 3. The van der Waals surface area contributed by atoms with E-state index in [-0.39, 0.29) is 29.1 Å². The molecule has 5 atom stereocenters. The molecule has 0 unspecified atom stereocenters. The van der Waals surface area contributed by atoms with Gasteiger partial charge in [0.2, 0.25) is 0 Å². The van der Waals surface area contributed by atoms with E-state index in [0.717, 1.165) is 32.1 Å². The molecular weight excluding hydrogens is 481 g/mol. The van der Waals surface area contributed by atoms with Gasteiger partial charge in [0.05, 0.1) is 0 Å².